The Morgan fingerprint density at radius 2 is 1.78 bits per heavy atom. The van der Waals surface area contributed by atoms with E-state index >= 15 is 0 Å². The summed E-state index contributed by atoms with van der Waals surface area (Å²) >= 11 is 0. The Balaban J connectivity index is 2.41. The van der Waals surface area contributed by atoms with Crippen LogP contribution in [-0.4, -0.2) is 72.4 Å². The van der Waals surface area contributed by atoms with Crippen LogP contribution in [0, 0.1) is 17.8 Å². The molecule has 0 saturated heterocycles. The maximum atomic E-state index is 12.9. The molecule has 0 fully saturated rings. The topological polar surface area (TPSA) is 92.7 Å². The van der Waals surface area contributed by atoms with Gasteiger partial charge in [0.2, 0.25) is 0 Å². The minimum absolute atomic E-state index is 0.0221. The van der Waals surface area contributed by atoms with Crippen LogP contribution in [0.1, 0.15) is 79.7 Å². The average molecular weight is 715 g/mol. The molecule has 1 aromatic carbocycles. The molecule has 50 heavy (non-hydrogen) atoms. The smallest absolute Gasteiger partial charge is 0.331 e. The van der Waals surface area contributed by atoms with Gasteiger partial charge in [0.1, 0.15) is 12.5 Å². The molecular formula is C41H66O8Si. The predicted molar refractivity (Wildman–Crippen MR) is 205 cm³/mol. The first kappa shape index (κ1) is 43.6. The third kappa shape index (κ3) is 13.9. The third-order valence-electron chi connectivity index (χ3n) is 10.2. The summed E-state index contributed by atoms with van der Waals surface area (Å²) in [6, 6.07) is 7.82. The van der Waals surface area contributed by atoms with Gasteiger partial charge in [-0.25, -0.2) is 4.79 Å². The lowest BCUT2D eigenvalue weighted by Crippen LogP contribution is -2.42. The summed E-state index contributed by atoms with van der Waals surface area (Å²) in [5.41, 5.74) is 5.07. The number of carbonyl (C=O) groups excluding carboxylic acids is 1. The van der Waals surface area contributed by atoms with E-state index in [1.54, 1.807) is 27.2 Å². The Labute approximate surface area is 304 Å². The lowest BCUT2D eigenvalue weighted by atomic mass is 9.68. The van der Waals surface area contributed by atoms with E-state index in [1.807, 2.05) is 30.3 Å². The highest BCUT2D eigenvalue weighted by Gasteiger charge is 2.40. The van der Waals surface area contributed by atoms with E-state index in [-0.39, 0.29) is 42.3 Å². The second-order valence-electron chi connectivity index (χ2n) is 15.1. The molecule has 0 aliphatic heterocycles. The highest BCUT2D eigenvalue weighted by Crippen LogP contribution is 2.42. The fourth-order valence-corrected chi connectivity index (χ4v) is 7.19. The Bertz CT molecular complexity index is 1290. The van der Waals surface area contributed by atoms with Crippen molar-refractivity contribution in [3.05, 3.63) is 76.9 Å². The minimum Gasteiger partial charge on any atom is -0.497 e. The van der Waals surface area contributed by atoms with Crippen molar-refractivity contribution >= 4 is 14.3 Å². The molecule has 0 spiro atoms. The maximum Gasteiger partial charge on any atom is 0.331 e. The number of esters is 1. The zero-order chi connectivity index (χ0) is 37.5. The van der Waals surface area contributed by atoms with Crippen LogP contribution in [-0.2, 0) is 34.8 Å². The van der Waals surface area contributed by atoms with Crippen LogP contribution in [0.25, 0.3) is 0 Å². The van der Waals surface area contributed by atoms with E-state index in [0.29, 0.717) is 39.1 Å². The van der Waals surface area contributed by atoms with Crippen LogP contribution in [0.3, 0.4) is 0 Å². The second-order valence-corrected chi connectivity index (χ2v) is 19.9. The molecule has 1 aliphatic carbocycles. The SMILES string of the molecule is C=C(C)[C@@H]1CC(C)=C[C@@H](OCOC)[C@H]1[C@@H](C)[C@H](O)/C=C(CCO[Si](C)(C)C(C)(C)C)/C(=C/C(=O)OCC)CCCOCc1ccc(OC)cc1. The largest absolute Gasteiger partial charge is 0.497 e. The number of rotatable bonds is 21. The monoisotopic (exact) mass is 714 g/mol. The quantitative estimate of drug-likeness (QED) is 0.0257. The number of hydrogen-bond donors (Lipinski definition) is 1. The number of ether oxygens (including phenoxy) is 5. The summed E-state index contributed by atoms with van der Waals surface area (Å²) in [7, 11) is 1.23. The fraction of sp³-hybridized carbons (Fsp3) is 0.634. The molecule has 0 unspecified atom stereocenters. The van der Waals surface area contributed by atoms with Crippen molar-refractivity contribution in [3.8, 4) is 5.75 Å². The number of methoxy groups -OCH3 is 2. The van der Waals surface area contributed by atoms with Gasteiger partial charge in [-0.15, -0.1) is 0 Å². The van der Waals surface area contributed by atoms with Gasteiger partial charge in [-0.2, -0.15) is 0 Å². The van der Waals surface area contributed by atoms with Crippen LogP contribution >= 0.6 is 0 Å². The molecule has 5 atom stereocenters. The Kier molecular flexibility index (Phi) is 18.4. The summed E-state index contributed by atoms with van der Waals surface area (Å²) in [6.45, 7) is 25.4. The summed E-state index contributed by atoms with van der Waals surface area (Å²) in [5.74, 6) is 0.340. The maximum absolute atomic E-state index is 12.9. The first-order chi connectivity index (χ1) is 23.5. The normalized spacial score (nSPS) is 20.2. The number of hydrogen-bond acceptors (Lipinski definition) is 8. The summed E-state index contributed by atoms with van der Waals surface area (Å²) in [4.78, 5) is 12.9. The van der Waals surface area contributed by atoms with Crippen molar-refractivity contribution in [3.63, 3.8) is 0 Å². The average Bonchev–Trinajstić information content (AvgIpc) is 3.05. The van der Waals surface area contributed by atoms with Gasteiger partial charge in [-0.1, -0.05) is 69.7 Å². The fourth-order valence-electron chi connectivity index (χ4n) is 6.14. The van der Waals surface area contributed by atoms with Crippen molar-refractivity contribution in [2.24, 2.45) is 17.8 Å². The van der Waals surface area contributed by atoms with Crippen LogP contribution in [0.2, 0.25) is 18.1 Å². The van der Waals surface area contributed by atoms with Gasteiger partial charge in [0.25, 0.3) is 0 Å². The minimum atomic E-state index is -2.04. The Morgan fingerprint density at radius 3 is 2.36 bits per heavy atom. The van der Waals surface area contributed by atoms with Crippen LogP contribution in [0.15, 0.2) is 71.4 Å². The number of aliphatic hydroxyl groups is 1. The van der Waals surface area contributed by atoms with Crippen LogP contribution < -0.4 is 4.74 Å². The Morgan fingerprint density at radius 1 is 1.10 bits per heavy atom. The van der Waals surface area contributed by atoms with Gasteiger partial charge < -0.3 is 33.2 Å². The van der Waals surface area contributed by atoms with E-state index in [2.05, 4.69) is 67.3 Å². The zero-order valence-electron chi connectivity index (χ0n) is 32.8. The number of aliphatic hydroxyl groups excluding tert-OH is 1. The molecule has 0 heterocycles. The second kappa shape index (κ2) is 21.1. The van der Waals surface area contributed by atoms with E-state index in [0.717, 1.165) is 34.5 Å². The molecule has 1 aliphatic rings. The summed E-state index contributed by atoms with van der Waals surface area (Å²) in [6.07, 6.45) is 7.29. The van der Waals surface area contributed by atoms with Gasteiger partial charge in [0.15, 0.2) is 8.32 Å². The Hall–Kier alpha value is -2.53. The summed E-state index contributed by atoms with van der Waals surface area (Å²) in [5, 5.41) is 12.0. The molecule has 1 aromatic rings. The van der Waals surface area contributed by atoms with Gasteiger partial charge in [-0.3, -0.25) is 0 Å². The van der Waals surface area contributed by atoms with Gasteiger partial charge >= 0.3 is 5.97 Å². The number of benzene rings is 1. The van der Waals surface area contributed by atoms with Gasteiger partial charge in [-0.05, 0) is 105 Å². The van der Waals surface area contributed by atoms with Gasteiger partial charge in [0, 0.05) is 32.3 Å². The van der Waals surface area contributed by atoms with Crippen LogP contribution in [0.5, 0.6) is 5.75 Å². The van der Waals surface area contributed by atoms with Crippen molar-refractivity contribution in [2.75, 3.05) is 40.8 Å². The van der Waals surface area contributed by atoms with Crippen molar-refractivity contribution in [1.82, 2.24) is 0 Å². The molecule has 0 radical (unpaired) electrons. The molecule has 282 valence electrons. The molecule has 0 amide bonds. The lowest BCUT2D eigenvalue weighted by Gasteiger charge is -2.41. The number of carbonyl (C=O) groups is 1. The predicted octanol–water partition coefficient (Wildman–Crippen LogP) is 8.96. The molecule has 2 rings (SSSR count). The van der Waals surface area contributed by atoms with Crippen molar-refractivity contribution < 1.29 is 38.0 Å². The molecular weight excluding hydrogens is 649 g/mol. The van der Waals surface area contributed by atoms with Crippen molar-refractivity contribution in [2.45, 2.75) is 111 Å². The van der Waals surface area contributed by atoms with E-state index in [4.69, 9.17) is 28.1 Å². The molecule has 9 heteroatoms. The molecule has 8 nitrogen and oxygen atoms in total. The van der Waals surface area contributed by atoms with E-state index in [1.165, 1.54) is 5.57 Å². The molecule has 0 saturated carbocycles. The third-order valence-corrected chi connectivity index (χ3v) is 14.7. The standard InChI is InChI=1S/C41H66O8Si/c1-13-47-39(43)26-33(15-14-21-46-27-32-16-18-35(45-10)19-17-32)34(20-22-49-50(11,12)41(6,7)8)25-37(42)31(5)40-36(29(2)3)23-30(4)24-38(40)48-28-44-9/h16-19,24-26,31,36-38,40,42H,2,13-15,20-23,27-28H2,1,3-12H3/b33-26+,34-25+/t31-,36-,37+,38+,40-/m0/s1. The first-order valence-corrected chi connectivity index (χ1v) is 21.0. The molecule has 1 N–H and O–H groups in total. The lowest BCUT2D eigenvalue weighted by molar-refractivity contribution is -0.137. The highest BCUT2D eigenvalue weighted by atomic mass is 28.4. The van der Waals surface area contributed by atoms with Gasteiger partial charge in [0.05, 0.1) is 32.5 Å². The molecule has 0 aromatic heterocycles. The first-order valence-electron chi connectivity index (χ1n) is 18.1. The van der Waals surface area contributed by atoms with E-state index < -0.39 is 20.4 Å². The van der Waals surface area contributed by atoms with Crippen LogP contribution in [0.4, 0.5) is 0 Å². The van der Waals surface area contributed by atoms with Crippen molar-refractivity contribution in [1.29, 1.82) is 0 Å². The highest BCUT2D eigenvalue weighted by molar-refractivity contribution is 6.74. The number of allylic oxidation sites excluding steroid dienone is 3. The zero-order valence-corrected chi connectivity index (χ0v) is 33.8. The van der Waals surface area contributed by atoms with E-state index in [9.17, 15) is 9.90 Å². The molecule has 0 bridgehead atoms. The summed E-state index contributed by atoms with van der Waals surface area (Å²) < 4.78 is 34.7.